The minimum absolute atomic E-state index is 0.749. The summed E-state index contributed by atoms with van der Waals surface area (Å²) in [5.74, 6) is 0.955. The van der Waals surface area contributed by atoms with Crippen molar-refractivity contribution in [2.24, 2.45) is 5.73 Å². The van der Waals surface area contributed by atoms with Gasteiger partial charge in [0, 0.05) is 0 Å². The number of ether oxygens (including phenoxy) is 1. The Balaban J connectivity index is 2.81. The zero-order valence-corrected chi connectivity index (χ0v) is 9.05. The lowest BCUT2D eigenvalue weighted by atomic mass is 10.0. The highest BCUT2D eigenvalue weighted by Crippen LogP contribution is 2.18. The lowest BCUT2D eigenvalue weighted by Gasteiger charge is -2.07. The third-order valence-electron chi connectivity index (χ3n) is 2.34. The van der Waals surface area contributed by atoms with Gasteiger partial charge in [-0.05, 0) is 49.1 Å². The summed E-state index contributed by atoms with van der Waals surface area (Å²) in [5.41, 5.74) is 8.14. The molecule has 0 aliphatic rings. The molecule has 0 unspecified atom stereocenters. The Labute approximate surface area is 86.1 Å². The van der Waals surface area contributed by atoms with Crippen molar-refractivity contribution in [3.8, 4) is 5.75 Å². The zero-order chi connectivity index (χ0) is 10.4. The smallest absolute Gasteiger partial charge is 0.119 e. The van der Waals surface area contributed by atoms with Crippen LogP contribution in [-0.4, -0.2) is 13.7 Å². The molecule has 1 aromatic rings. The number of benzene rings is 1. The molecule has 0 aliphatic heterocycles. The van der Waals surface area contributed by atoms with Crippen LogP contribution in [0.15, 0.2) is 18.2 Å². The highest BCUT2D eigenvalue weighted by molar-refractivity contribution is 5.34. The molecule has 0 spiro atoms. The molecular weight excluding hydrogens is 174 g/mol. The summed E-state index contributed by atoms with van der Waals surface area (Å²) in [5, 5.41) is 0. The van der Waals surface area contributed by atoms with E-state index in [0.717, 1.165) is 31.6 Å². The topological polar surface area (TPSA) is 35.2 Å². The molecule has 1 rings (SSSR count). The summed E-state index contributed by atoms with van der Waals surface area (Å²) in [6.45, 7) is 2.90. The summed E-state index contributed by atoms with van der Waals surface area (Å²) >= 11 is 0. The van der Waals surface area contributed by atoms with E-state index in [2.05, 4.69) is 25.1 Å². The maximum Gasteiger partial charge on any atom is 0.119 e. The van der Waals surface area contributed by atoms with E-state index in [1.54, 1.807) is 7.11 Å². The molecule has 0 radical (unpaired) electrons. The maximum absolute atomic E-state index is 5.49. The van der Waals surface area contributed by atoms with Gasteiger partial charge in [0.1, 0.15) is 5.75 Å². The normalized spacial score (nSPS) is 10.2. The quantitative estimate of drug-likeness (QED) is 0.777. The zero-order valence-electron chi connectivity index (χ0n) is 9.05. The Kier molecular flexibility index (Phi) is 4.47. The van der Waals surface area contributed by atoms with Crippen molar-refractivity contribution < 1.29 is 4.74 Å². The molecule has 0 fully saturated rings. The van der Waals surface area contributed by atoms with Gasteiger partial charge in [-0.1, -0.05) is 13.0 Å². The minimum Gasteiger partial charge on any atom is -0.497 e. The van der Waals surface area contributed by atoms with Gasteiger partial charge in [0.15, 0.2) is 0 Å². The Morgan fingerprint density at radius 1 is 1.21 bits per heavy atom. The van der Waals surface area contributed by atoms with Gasteiger partial charge in [-0.2, -0.15) is 0 Å². The summed E-state index contributed by atoms with van der Waals surface area (Å²) in [4.78, 5) is 0. The number of nitrogens with two attached hydrogens (primary N) is 1. The summed E-state index contributed by atoms with van der Waals surface area (Å²) in [7, 11) is 1.71. The molecule has 2 N–H and O–H groups in total. The molecular formula is C12H19NO. The lowest BCUT2D eigenvalue weighted by Crippen LogP contribution is -2.01. The molecule has 0 aliphatic carbocycles. The molecule has 0 atom stereocenters. The molecule has 78 valence electrons. The Morgan fingerprint density at radius 3 is 2.50 bits per heavy atom. The molecule has 0 saturated heterocycles. The Hall–Kier alpha value is -1.02. The fourth-order valence-corrected chi connectivity index (χ4v) is 1.50. The van der Waals surface area contributed by atoms with Crippen molar-refractivity contribution >= 4 is 0 Å². The SMILES string of the molecule is CCc1cc(CCCN)cc(OC)c1. The fraction of sp³-hybridized carbons (Fsp3) is 0.500. The van der Waals surface area contributed by atoms with E-state index in [9.17, 15) is 0 Å². The Bertz CT molecular complexity index is 261. The van der Waals surface area contributed by atoms with E-state index >= 15 is 0 Å². The van der Waals surface area contributed by atoms with Crippen molar-refractivity contribution in [1.82, 2.24) is 0 Å². The van der Waals surface area contributed by atoms with Gasteiger partial charge in [-0.25, -0.2) is 0 Å². The van der Waals surface area contributed by atoms with Crippen LogP contribution in [0.5, 0.6) is 5.75 Å². The van der Waals surface area contributed by atoms with Crippen LogP contribution in [0.4, 0.5) is 0 Å². The predicted molar refractivity (Wildman–Crippen MR) is 59.7 cm³/mol. The third kappa shape index (κ3) is 3.04. The third-order valence-corrected chi connectivity index (χ3v) is 2.34. The van der Waals surface area contributed by atoms with E-state index < -0.39 is 0 Å². The first kappa shape index (κ1) is 11.1. The van der Waals surface area contributed by atoms with Gasteiger partial charge in [0.2, 0.25) is 0 Å². The van der Waals surface area contributed by atoms with Crippen molar-refractivity contribution in [3.05, 3.63) is 29.3 Å². The molecule has 2 nitrogen and oxygen atoms in total. The lowest BCUT2D eigenvalue weighted by molar-refractivity contribution is 0.413. The first-order chi connectivity index (χ1) is 6.80. The molecule has 0 saturated carbocycles. The van der Waals surface area contributed by atoms with E-state index in [4.69, 9.17) is 10.5 Å². The molecule has 0 heterocycles. The van der Waals surface area contributed by atoms with Gasteiger partial charge in [-0.3, -0.25) is 0 Å². The van der Waals surface area contributed by atoms with Crippen LogP contribution < -0.4 is 10.5 Å². The molecule has 2 heteroatoms. The van der Waals surface area contributed by atoms with E-state index in [1.165, 1.54) is 11.1 Å². The van der Waals surface area contributed by atoms with Gasteiger partial charge in [0.05, 0.1) is 7.11 Å². The van der Waals surface area contributed by atoms with E-state index in [0.29, 0.717) is 0 Å². The largest absolute Gasteiger partial charge is 0.497 e. The van der Waals surface area contributed by atoms with Gasteiger partial charge in [0.25, 0.3) is 0 Å². The van der Waals surface area contributed by atoms with Crippen LogP contribution in [0, 0.1) is 0 Å². The monoisotopic (exact) mass is 193 g/mol. The maximum atomic E-state index is 5.49. The number of rotatable bonds is 5. The van der Waals surface area contributed by atoms with Crippen molar-refractivity contribution in [2.75, 3.05) is 13.7 Å². The van der Waals surface area contributed by atoms with E-state index in [1.807, 2.05) is 0 Å². The average Bonchev–Trinajstić information content (AvgIpc) is 2.25. The van der Waals surface area contributed by atoms with Crippen LogP contribution in [0.2, 0.25) is 0 Å². The average molecular weight is 193 g/mol. The van der Waals surface area contributed by atoms with Crippen LogP contribution in [-0.2, 0) is 12.8 Å². The molecule has 0 bridgehead atoms. The highest BCUT2D eigenvalue weighted by atomic mass is 16.5. The van der Waals surface area contributed by atoms with Crippen LogP contribution >= 0.6 is 0 Å². The summed E-state index contributed by atoms with van der Waals surface area (Å²) < 4.78 is 5.25. The van der Waals surface area contributed by atoms with E-state index in [-0.39, 0.29) is 0 Å². The number of aryl methyl sites for hydroxylation is 2. The highest BCUT2D eigenvalue weighted by Gasteiger charge is 1.99. The van der Waals surface area contributed by atoms with Gasteiger partial charge in [-0.15, -0.1) is 0 Å². The first-order valence-corrected chi connectivity index (χ1v) is 5.17. The number of hydrogen-bond donors (Lipinski definition) is 1. The predicted octanol–water partition coefficient (Wildman–Crippen LogP) is 2.15. The second-order valence-electron chi connectivity index (χ2n) is 3.44. The van der Waals surface area contributed by atoms with Gasteiger partial charge < -0.3 is 10.5 Å². The Morgan fingerprint density at radius 2 is 1.93 bits per heavy atom. The van der Waals surface area contributed by atoms with Crippen LogP contribution in [0.25, 0.3) is 0 Å². The second kappa shape index (κ2) is 5.66. The standard InChI is InChI=1S/C12H19NO/c1-3-10-7-11(5-4-6-13)9-12(8-10)14-2/h7-9H,3-6,13H2,1-2H3. The summed E-state index contributed by atoms with van der Waals surface area (Å²) in [6, 6.07) is 6.42. The molecule has 0 aromatic heterocycles. The van der Waals surface area contributed by atoms with Crippen LogP contribution in [0.3, 0.4) is 0 Å². The summed E-state index contributed by atoms with van der Waals surface area (Å²) in [6.07, 6.45) is 3.13. The second-order valence-corrected chi connectivity index (χ2v) is 3.44. The minimum atomic E-state index is 0.749. The van der Waals surface area contributed by atoms with Crippen LogP contribution in [0.1, 0.15) is 24.5 Å². The number of methoxy groups -OCH3 is 1. The van der Waals surface area contributed by atoms with Gasteiger partial charge >= 0.3 is 0 Å². The molecule has 14 heavy (non-hydrogen) atoms. The van der Waals surface area contributed by atoms with Crippen molar-refractivity contribution in [2.45, 2.75) is 26.2 Å². The fourth-order valence-electron chi connectivity index (χ4n) is 1.50. The number of hydrogen-bond acceptors (Lipinski definition) is 2. The molecule has 0 amide bonds. The molecule has 1 aromatic carbocycles. The van der Waals surface area contributed by atoms with Crippen molar-refractivity contribution in [1.29, 1.82) is 0 Å². The van der Waals surface area contributed by atoms with Crippen molar-refractivity contribution in [3.63, 3.8) is 0 Å². The first-order valence-electron chi connectivity index (χ1n) is 5.17.